The maximum Gasteiger partial charge on any atom is 0.251 e. The summed E-state index contributed by atoms with van der Waals surface area (Å²) in [6, 6.07) is 9.08. The molecule has 16 heavy (non-hydrogen) atoms. The lowest BCUT2D eigenvalue weighted by Gasteiger charge is -2.01. The van der Waals surface area contributed by atoms with Crippen LogP contribution in [0.2, 0.25) is 0 Å². The summed E-state index contributed by atoms with van der Waals surface area (Å²) in [7, 11) is 1.79. The lowest BCUT2D eigenvalue weighted by atomic mass is 10.2. The van der Waals surface area contributed by atoms with Crippen LogP contribution in [0.5, 0.6) is 0 Å². The first-order valence-corrected chi connectivity index (χ1v) is 4.94. The zero-order chi connectivity index (χ0) is 11.4. The highest BCUT2D eigenvalue weighted by Crippen LogP contribution is 1.98. The second-order valence-electron chi connectivity index (χ2n) is 3.43. The Morgan fingerprint density at radius 2 is 2.12 bits per heavy atom. The molecule has 0 bridgehead atoms. The van der Waals surface area contributed by atoms with Crippen LogP contribution in [-0.4, -0.2) is 20.9 Å². The molecule has 5 nitrogen and oxygen atoms in total. The van der Waals surface area contributed by atoms with E-state index >= 15 is 0 Å². The number of hydrogen-bond acceptors (Lipinski definition) is 3. The number of aromatic nitrogens is 3. The quantitative estimate of drug-likeness (QED) is 0.823. The number of carbonyl (C=O) groups is 1. The van der Waals surface area contributed by atoms with Gasteiger partial charge in [-0.25, -0.2) is 0 Å². The van der Waals surface area contributed by atoms with E-state index in [4.69, 9.17) is 0 Å². The lowest BCUT2D eigenvalue weighted by Crippen LogP contribution is -2.22. The first-order chi connectivity index (χ1) is 7.75. The average Bonchev–Trinajstić information content (AvgIpc) is 2.73. The normalized spacial score (nSPS) is 10.1. The molecule has 0 saturated heterocycles. The number of rotatable bonds is 3. The minimum atomic E-state index is -0.105. The van der Waals surface area contributed by atoms with E-state index in [-0.39, 0.29) is 5.91 Å². The molecule has 0 aliphatic heterocycles. The van der Waals surface area contributed by atoms with Gasteiger partial charge in [-0.05, 0) is 12.1 Å². The highest BCUT2D eigenvalue weighted by atomic mass is 16.1. The summed E-state index contributed by atoms with van der Waals surface area (Å²) < 4.78 is 1.60. The molecule has 82 valence electrons. The molecular formula is C11H12N4O. The van der Waals surface area contributed by atoms with E-state index in [1.807, 2.05) is 18.2 Å². The molecule has 1 aromatic heterocycles. The largest absolute Gasteiger partial charge is 0.346 e. The number of aryl methyl sites for hydroxylation is 1. The van der Waals surface area contributed by atoms with E-state index in [0.29, 0.717) is 12.1 Å². The number of amides is 1. The van der Waals surface area contributed by atoms with Crippen molar-refractivity contribution in [2.75, 3.05) is 0 Å². The van der Waals surface area contributed by atoms with Gasteiger partial charge in [-0.3, -0.25) is 9.48 Å². The van der Waals surface area contributed by atoms with Crippen molar-refractivity contribution in [2.24, 2.45) is 7.05 Å². The Morgan fingerprint density at radius 3 is 2.75 bits per heavy atom. The second kappa shape index (κ2) is 4.57. The van der Waals surface area contributed by atoms with Crippen molar-refractivity contribution in [2.45, 2.75) is 6.54 Å². The van der Waals surface area contributed by atoms with Gasteiger partial charge in [0.05, 0.1) is 6.54 Å². The molecule has 1 N–H and O–H groups in total. The fourth-order valence-corrected chi connectivity index (χ4v) is 1.34. The van der Waals surface area contributed by atoms with Gasteiger partial charge in [0, 0.05) is 18.8 Å². The van der Waals surface area contributed by atoms with Gasteiger partial charge in [0.15, 0.2) is 0 Å². The molecule has 0 saturated carbocycles. The highest BCUT2D eigenvalue weighted by molar-refractivity contribution is 5.93. The van der Waals surface area contributed by atoms with Crippen molar-refractivity contribution in [1.29, 1.82) is 0 Å². The molecule has 0 aliphatic rings. The van der Waals surface area contributed by atoms with E-state index in [2.05, 4.69) is 15.6 Å². The van der Waals surface area contributed by atoms with Gasteiger partial charge in [0.2, 0.25) is 0 Å². The van der Waals surface area contributed by atoms with Crippen molar-refractivity contribution in [3.8, 4) is 0 Å². The first-order valence-electron chi connectivity index (χ1n) is 4.94. The van der Waals surface area contributed by atoms with Gasteiger partial charge < -0.3 is 5.32 Å². The fourth-order valence-electron chi connectivity index (χ4n) is 1.34. The van der Waals surface area contributed by atoms with Gasteiger partial charge in [-0.2, -0.15) is 0 Å². The standard InChI is InChI=1S/C11H12N4O/c1-15-8-10(13-14-15)7-12-11(16)9-5-3-2-4-6-9/h2-6,8H,7H2,1H3,(H,12,16). The maximum absolute atomic E-state index is 11.7. The van der Waals surface area contributed by atoms with E-state index in [1.165, 1.54) is 0 Å². The third kappa shape index (κ3) is 2.44. The average molecular weight is 216 g/mol. The third-order valence-corrected chi connectivity index (χ3v) is 2.12. The van der Waals surface area contributed by atoms with Crippen molar-refractivity contribution in [3.05, 3.63) is 47.8 Å². The zero-order valence-corrected chi connectivity index (χ0v) is 8.92. The Kier molecular flexibility index (Phi) is 2.95. The van der Waals surface area contributed by atoms with Crippen LogP contribution in [0.3, 0.4) is 0 Å². The monoisotopic (exact) mass is 216 g/mol. The van der Waals surface area contributed by atoms with Gasteiger partial charge in [0.1, 0.15) is 5.69 Å². The molecule has 0 aliphatic carbocycles. The Labute approximate surface area is 93.1 Å². The van der Waals surface area contributed by atoms with Crippen LogP contribution in [-0.2, 0) is 13.6 Å². The van der Waals surface area contributed by atoms with Gasteiger partial charge in [-0.15, -0.1) is 5.10 Å². The Bertz CT molecular complexity index is 478. The number of carbonyl (C=O) groups excluding carboxylic acids is 1. The van der Waals surface area contributed by atoms with Crippen LogP contribution in [0.1, 0.15) is 16.1 Å². The van der Waals surface area contributed by atoms with Crippen molar-refractivity contribution >= 4 is 5.91 Å². The highest BCUT2D eigenvalue weighted by Gasteiger charge is 2.05. The van der Waals surface area contributed by atoms with E-state index in [0.717, 1.165) is 5.69 Å². The first kappa shape index (κ1) is 10.4. The molecule has 1 aromatic carbocycles. The van der Waals surface area contributed by atoms with Gasteiger partial charge >= 0.3 is 0 Å². The topological polar surface area (TPSA) is 59.8 Å². The molecule has 5 heteroatoms. The lowest BCUT2D eigenvalue weighted by molar-refractivity contribution is 0.0950. The van der Waals surface area contributed by atoms with Gasteiger partial charge in [0.25, 0.3) is 5.91 Å². The summed E-state index contributed by atoms with van der Waals surface area (Å²) in [6.45, 7) is 0.390. The third-order valence-electron chi connectivity index (χ3n) is 2.12. The molecule has 0 radical (unpaired) electrons. The smallest absolute Gasteiger partial charge is 0.251 e. The Balaban J connectivity index is 1.94. The van der Waals surface area contributed by atoms with Crippen LogP contribution in [0.25, 0.3) is 0 Å². The molecule has 2 rings (SSSR count). The SMILES string of the molecule is Cn1cc(CNC(=O)c2ccccc2)nn1. The summed E-state index contributed by atoms with van der Waals surface area (Å²) >= 11 is 0. The summed E-state index contributed by atoms with van der Waals surface area (Å²) in [5, 5.41) is 10.4. The van der Waals surface area contributed by atoms with Crippen LogP contribution >= 0.6 is 0 Å². The summed E-state index contributed by atoms with van der Waals surface area (Å²) in [5.41, 5.74) is 1.39. The number of benzene rings is 1. The molecule has 1 amide bonds. The van der Waals surface area contributed by atoms with E-state index < -0.39 is 0 Å². The molecule has 0 fully saturated rings. The van der Waals surface area contributed by atoms with Crippen LogP contribution in [0.15, 0.2) is 36.5 Å². The molecule has 1 heterocycles. The van der Waals surface area contributed by atoms with Crippen LogP contribution in [0.4, 0.5) is 0 Å². The summed E-state index contributed by atoms with van der Waals surface area (Å²) in [5.74, 6) is -0.105. The fraction of sp³-hybridized carbons (Fsp3) is 0.182. The minimum Gasteiger partial charge on any atom is -0.346 e. The van der Waals surface area contributed by atoms with Crippen LogP contribution in [0, 0.1) is 0 Å². The number of nitrogens with zero attached hydrogens (tertiary/aromatic N) is 3. The molecular weight excluding hydrogens is 204 g/mol. The molecule has 0 unspecified atom stereocenters. The second-order valence-corrected chi connectivity index (χ2v) is 3.43. The Hall–Kier alpha value is -2.17. The summed E-state index contributed by atoms with van der Waals surface area (Å²) in [4.78, 5) is 11.7. The number of hydrogen-bond donors (Lipinski definition) is 1. The number of nitrogens with one attached hydrogen (secondary N) is 1. The molecule has 0 spiro atoms. The van der Waals surface area contributed by atoms with E-state index in [9.17, 15) is 4.79 Å². The molecule has 2 aromatic rings. The Morgan fingerprint density at radius 1 is 1.38 bits per heavy atom. The predicted molar refractivity (Wildman–Crippen MR) is 58.6 cm³/mol. The minimum absolute atomic E-state index is 0.105. The van der Waals surface area contributed by atoms with E-state index in [1.54, 1.807) is 30.1 Å². The van der Waals surface area contributed by atoms with Crippen molar-refractivity contribution in [1.82, 2.24) is 20.3 Å². The van der Waals surface area contributed by atoms with Crippen molar-refractivity contribution < 1.29 is 4.79 Å². The predicted octanol–water partition coefficient (Wildman–Crippen LogP) is 0.745. The maximum atomic E-state index is 11.7. The zero-order valence-electron chi connectivity index (χ0n) is 8.92. The molecule has 0 atom stereocenters. The van der Waals surface area contributed by atoms with Crippen LogP contribution < -0.4 is 5.32 Å². The van der Waals surface area contributed by atoms with Gasteiger partial charge in [-0.1, -0.05) is 23.4 Å². The summed E-state index contributed by atoms with van der Waals surface area (Å²) in [6.07, 6.45) is 1.77. The van der Waals surface area contributed by atoms with Crippen molar-refractivity contribution in [3.63, 3.8) is 0 Å².